The van der Waals surface area contributed by atoms with Crippen LogP contribution in [-0.2, 0) is 15.1 Å². The number of carbonyl (C=O) groups excluding carboxylic acids is 1. The van der Waals surface area contributed by atoms with Gasteiger partial charge in [0.05, 0.1) is 19.3 Å². The number of aliphatic imine (C=N–C) groups is 1. The Labute approximate surface area is 158 Å². The molecule has 3 rings (SSSR count). The Kier molecular flexibility index (Phi) is 6.29. The number of ether oxygens (including phenoxy) is 1. The third-order valence-electron chi connectivity index (χ3n) is 4.40. The number of rotatable bonds is 8. The monoisotopic (exact) mass is 359 g/mol. The van der Waals surface area contributed by atoms with Gasteiger partial charge >= 0.3 is 0 Å². The molecule has 0 bridgehead atoms. The molecule has 27 heavy (non-hydrogen) atoms. The fraction of sp³-hybridized carbons (Fsp3) is 0.174. The summed E-state index contributed by atoms with van der Waals surface area (Å²) in [5.41, 5.74) is 1.96. The third-order valence-corrected chi connectivity index (χ3v) is 4.40. The van der Waals surface area contributed by atoms with E-state index in [4.69, 9.17) is 4.74 Å². The Balaban J connectivity index is 2.12. The largest absolute Gasteiger partial charge is 0.389 e. The van der Waals surface area contributed by atoms with Gasteiger partial charge in [-0.25, -0.2) is 9.79 Å². The predicted octanol–water partition coefficient (Wildman–Crippen LogP) is 3.69. The maximum atomic E-state index is 10.3. The fourth-order valence-electron chi connectivity index (χ4n) is 3.19. The minimum absolute atomic E-state index is 0.0177. The summed E-state index contributed by atoms with van der Waals surface area (Å²) < 4.78 is 6.41. The topological polar surface area (TPSA) is 58.9 Å². The molecule has 0 aliphatic rings. The maximum Gasteiger partial charge on any atom is 0.235 e. The molecule has 1 atom stereocenters. The standard InChI is InChI=1S/C23H21NO3/c25-18-24-16-22(26)17-27-23(19-10-4-1-5-11-19,20-12-6-2-7-13-20)21-14-8-3-9-15-21/h1-15,22,26H,16-17H2/t22-/m0/s1. The minimum atomic E-state index is -0.901. The van der Waals surface area contributed by atoms with Crippen LogP contribution in [0.15, 0.2) is 96.0 Å². The van der Waals surface area contributed by atoms with Crippen molar-refractivity contribution in [2.24, 2.45) is 4.99 Å². The Morgan fingerprint density at radius 2 is 1.22 bits per heavy atom. The van der Waals surface area contributed by atoms with Crippen molar-refractivity contribution in [3.05, 3.63) is 108 Å². The van der Waals surface area contributed by atoms with Crippen LogP contribution in [0.1, 0.15) is 16.7 Å². The average Bonchev–Trinajstić information content (AvgIpc) is 2.75. The summed E-state index contributed by atoms with van der Waals surface area (Å²) in [5, 5.41) is 10.2. The molecular formula is C23H21NO3. The summed E-state index contributed by atoms with van der Waals surface area (Å²) >= 11 is 0. The number of hydrogen-bond donors (Lipinski definition) is 1. The highest BCUT2D eigenvalue weighted by Crippen LogP contribution is 2.40. The van der Waals surface area contributed by atoms with Crippen LogP contribution in [0.4, 0.5) is 0 Å². The van der Waals surface area contributed by atoms with E-state index >= 15 is 0 Å². The van der Waals surface area contributed by atoms with Crippen LogP contribution in [0.25, 0.3) is 0 Å². The van der Waals surface area contributed by atoms with Gasteiger partial charge in [-0.1, -0.05) is 91.0 Å². The Bertz CT molecular complexity index is 779. The number of aliphatic hydroxyl groups excluding tert-OH is 1. The lowest BCUT2D eigenvalue weighted by molar-refractivity contribution is -0.0349. The molecule has 3 aromatic carbocycles. The van der Waals surface area contributed by atoms with Crippen LogP contribution in [0.3, 0.4) is 0 Å². The van der Waals surface area contributed by atoms with Gasteiger partial charge in [0, 0.05) is 0 Å². The maximum absolute atomic E-state index is 10.3. The van der Waals surface area contributed by atoms with E-state index in [2.05, 4.69) is 4.99 Å². The third kappa shape index (κ3) is 4.21. The molecule has 0 amide bonds. The molecule has 0 unspecified atom stereocenters. The van der Waals surface area contributed by atoms with Crippen molar-refractivity contribution in [3.8, 4) is 0 Å². The van der Waals surface area contributed by atoms with Crippen molar-refractivity contribution in [1.29, 1.82) is 0 Å². The lowest BCUT2D eigenvalue weighted by atomic mass is 9.80. The zero-order valence-corrected chi connectivity index (χ0v) is 14.9. The lowest BCUT2D eigenvalue weighted by Crippen LogP contribution is -2.36. The van der Waals surface area contributed by atoms with Gasteiger partial charge in [0.15, 0.2) is 0 Å². The Morgan fingerprint density at radius 3 is 1.59 bits per heavy atom. The van der Waals surface area contributed by atoms with E-state index in [9.17, 15) is 9.90 Å². The van der Waals surface area contributed by atoms with Gasteiger partial charge in [-0.3, -0.25) is 0 Å². The average molecular weight is 359 g/mol. The second-order valence-electron chi connectivity index (χ2n) is 6.18. The number of benzene rings is 3. The van der Waals surface area contributed by atoms with Gasteiger partial charge < -0.3 is 9.84 Å². The first kappa shape index (κ1) is 18.7. The van der Waals surface area contributed by atoms with E-state index in [0.717, 1.165) is 16.7 Å². The van der Waals surface area contributed by atoms with Gasteiger partial charge in [0.1, 0.15) is 5.60 Å². The number of aliphatic hydroxyl groups is 1. The molecule has 0 fully saturated rings. The second-order valence-corrected chi connectivity index (χ2v) is 6.18. The summed E-state index contributed by atoms with van der Waals surface area (Å²) in [6.45, 7) is -0.0260. The zero-order valence-electron chi connectivity index (χ0n) is 14.9. The van der Waals surface area contributed by atoms with Crippen molar-refractivity contribution >= 4 is 6.08 Å². The van der Waals surface area contributed by atoms with Crippen LogP contribution in [0.2, 0.25) is 0 Å². The van der Waals surface area contributed by atoms with E-state index in [1.54, 1.807) is 0 Å². The summed E-state index contributed by atoms with van der Waals surface area (Å²) in [4.78, 5) is 13.8. The normalized spacial score (nSPS) is 12.2. The van der Waals surface area contributed by atoms with Crippen LogP contribution >= 0.6 is 0 Å². The predicted molar refractivity (Wildman–Crippen MR) is 104 cm³/mol. The molecule has 0 aromatic heterocycles. The first-order valence-electron chi connectivity index (χ1n) is 8.79. The van der Waals surface area contributed by atoms with E-state index in [1.807, 2.05) is 91.0 Å². The highest BCUT2D eigenvalue weighted by molar-refractivity contribution is 5.47. The SMILES string of the molecule is O=C=NC[C@H](O)COC(c1ccccc1)(c1ccccc1)c1ccccc1. The highest BCUT2D eigenvalue weighted by Gasteiger charge is 2.37. The molecular weight excluding hydrogens is 338 g/mol. The van der Waals surface area contributed by atoms with Crippen molar-refractivity contribution in [2.45, 2.75) is 11.7 Å². The molecule has 0 saturated heterocycles. The van der Waals surface area contributed by atoms with Crippen molar-refractivity contribution in [3.63, 3.8) is 0 Å². The van der Waals surface area contributed by atoms with Crippen molar-refractivity contribution < 1.29 is 14.6 Å². The van der Waals surface area contributed by atoms with Gasteiger partial charge in [-0.15, -0.1) is 0 Å². The quantitative estimate of drug-likeness (QED) is 0.379. The molecule has 4 nitrogen and oxygen atoms in total. The van der Waals surface area contributed by atoms with E-state index < -0.39 is 11.7 Å². The fourth-order valence-corrected chi connectivity index (χ4v) is 3.19. The molecule has 3 aromatic rings. The summed E-state index contributed by atoms with van der Waals surface area (Å²) in [6.07, 6.45) is 0.549. The molecule has 136 valence electrons. The Hall–Kier alpha value is -3.04. The molecule has 1 N–H and O–H groups in total. The summed E-state index contributed by atoms with van der Waals surface area (Å²) in [6, 6.07) is 29.7. The zero-order chi connectivity index (χ0) is 19.0. The number of isocyanates is 1. The summed E-state index contributed by atoms with van der Waals surface area (Å²) in [5.74, 6) is 0. The molecule has 0 aliphatic carbocycles. The van der Waals surface area contributed by atoms with Crippen LogP contribution in [0.5, 0.6) is 0 Å². The molecule has 0 aliphatic heterocycles. The summed E-state index contributed by atoms with van der Waals surface area (Å²) in [7, 11) is 0. The lowest BCUT2D eigenvalue weighted by Gasteiger charge is -2.36. The van der Waals surface area contributed by atoms with E-state index in [0.29, 0.717) is 0 Å². The molecule has 0 heterocycles. The highest BCUT2D eigenvalue weighted by atomic mass is 16.5. The van der Waals surface area contributed by atoms with Gasteiger partial charge in [0.25, 0.3) is 0 Å². The van der Waals surface area contributed by atoms with Gasteiger partial charge in [-0.2, -0.15) is 0 Å². The smallest absolute Gasteiger partial charge is 0.235 e. The van der Waals surface area contributed by atoms with Crippen molar-refractivity contribution in [2.75, 3.05) is 13.2 Å². The van der Waals surface area contributed by atoms with Gasteiger partial charge in [-0.05, 0) is 16.7 Å². The van der Waals surface area contributed by atoms with Crippen LogP contribution in [-0.4, -0.2) is 30.4 Å². The minimum Gasteiger partial charge on any atom is -0.389 e. The van der Waals surface area contributed by atoms with Gasteiger partial charge in [0.2, 0.25) is 6.08 Å². The first-order valence-corrected chi connectivity index (χ1v) is 8.79. The molecule has 4 heteroatoms. The van der Waals surface area contributed by atoms with Crippen LogP contribution < -0.4 is 0 Å². The van der Waals surface area contributed by atoms with Crippen molar-refractivity contribution in [1.82, 2.24) is 0 Å². The molecule has 0 spiro atoms. The second kappa shape index (κ2) is 9.06. The number of nitrogens with zero attached hydrogens (tertiary/aromatic N) is 1. The number of hydrogen-bond acceptors (Lipinski definition) is 4. The van der Waals surface area contributed by atoms with Crippen LogP contribution in [0, 0.1) is 0 Å². The molecule has 0 radical (unpaired) electrons. The Morgan fingerprint density at radius 1 is 0.815 bits per heavy atom. The van der Waals surface area contributed by atoms with E-state index in [1.165, 1.54) is 6.08 Å². The van der Waals surface area contributed by atoms with E-state index in [-0.39, 0.29) is 13.2 Å². The molecule has 0 saturated carbocycles. The first-order chi connectivity index (χ1) is 13.3.